The van der Waals surface area contributed by atoms with Gasteiger partial charge in [-0.1, -0.05) is 11.6 Å². The fourth-order valence-electron chi connectivity index (χ4n) is 5.00. The zero-order valence-corrected chi connectivity index (χ0v) is 24.0. The van der Waals surface area contributed by atoms with Crippen LogP contribution in [0.15, 0.2) is 34.9 Å². The maximum Gasteiger partial charge on any atom is 0.294 e. The molecular formula is C26H29ClN6O7S. The first-order chi connectivity index (χ1) is 19.5. The molecule has 2 N–H and O–H groups in total. The van der Waals surface area contributed by atoms with Crippen LogP contribution in [0, 0.1) is 5.92 Å². The Balaban J connectivity index is 1.41. The van der Waals surface area contributed by atoms with Gasteiger partial charge in [-0.3, -0.25) is 18.7 Å². The average Bonchev–Trinajstić information content (AvgIpc) is 3.31. The van der Waals surface area contributed by atoms with Crippen LogP contribution in [0.2, 0.25) is 5.02 Å². The predicted molar refractivity (Wildman–Crippen MR) is 151 cm³/mol. The molecule has 13 nitrogen and oxygen atoms in total. The molecule has 1 aliphatic heterocycles. The zero-order valence-electron chi connectivity index (χ0n) is 22.4. The number of nitrogens with one attached hydrogen (secondary N) is 2. The number of morpholine rings is 1. The highest BCUT2D eigenvalue weighted by atomic mass is 35.5. The zero-order chi connectivity index (χ0) is 29.3. The van der Waals surface area contributed by atoms with Crippen molar-refractivity contribution in [2.45, 2.75) is 31.7 Å². The number of aromatic nitrogens is 2. The summed E-state index contributed by atoms with van der Waals surface area (Å²) in [5.41, 5.74) is 0.313. The third-order valence-electron chi connectivity index (χ3n) is 7.29. The van der Waals surface area contributed by atoms with E-state index < -0.39 is 15.9 Å². The number of hydrogen-bond donors (Lipinski definition) is 2. The molecule has 218 valence electrons. The molecule has 0 aromatic carbocycles. The Morgan fingerprint density at radius 2 is 1.88 bits per heavy atom. The van der Waals surface area contributed by atoms with Crippen molar-refractivity contribution in [3.63, 3.8) is 0 Å². The highest BCUT2D eigenvalue weighted by Crippen LogP contribution is 2.35. The lowest BCUT2D eigenvalue weighted by Crippen LogP contribution is -2.49. The van der Waals surface area contributed by atoms with Crippen molar-refractivity contribution in [2.75, 3.05) is 48.0 Å². The summed E-state index contributed by atoms with van der Waals surface area (Å²) in [7, 11) is -2.28. The molecule has 15 heteroatoms. The van der Waals surface area contributed by atoms with Gasteiger partial charge in [0.25, 0.3) is 5.91 Å². The SMILES string of the molecule is CN(c1ccc2oc(C(=O)Nc3ccc(Cl)cn3)c(NC(=O)[C@H]3CC[C@H](N4CCOCC4=O)CC3)c2n1)S(C)(=O)=O. The molecule has 2 aliphatic rings. The summed E-state index contributed by atoms with van der Waals surface area (Å²) in [6.45, 7) is 1.12. The molecule has 4 heterocycles. The molecule has 1 aliphatic carbocycles. The molecule has 3 aromatic heterocycles. The molecule has 5 rings (SSSR count). The van der Waals surface area contributed by atoms with Gasteiger partial charge in [-0.05, 0) is 49.9 Å². The second kappa shape index (κ2) is 11.6. The normalized spacial score (nSPS) is 19.7. The Labute approximate surface area is 241 Å². The summed E-state index contributed by atoms with van der Waals surface area (Å²) >= 11 is 5.89. The number of anilines is 3. The number of furan rings is 1. The molecule has 2 fully saturated rings. The molecule has 3 amide bonds. The highest BCUT2D eigenvalue weighted by Gasteiger charge is 2.34. The predicted octanol–water partition coefficient (Wildman–Crippen LogP) is 2.88. The Morgan fingerprint density at radius 1 is 1.12 bits per heavy atom. The topological polar surface area (TPSA) is 164 Å². The monoisotopic (exact) mass is 604 g/mol. The number of sulfonamides is 1. The van der Waals surface area contributed by atoms with E-state index in [4.69, 9.17) is 20.8 Å². The minimum absolute atomic E-state index is 0.0192. The van der Waals surface area contributed by atoms with Gasteiger partial charge in [0.2, 0.25) is 27.6 Å². The number of hydrogen-bond acceptors (Lipinski definition) is 9. The first-order valence-electron chi connectivity index (χ1n) is 13.0. The molecule has 0 radical (unpaired) electrons. The van der Waals surface area contributed by atoms with E-state index in [1.54, 1.807) is 6.07 Å². The number of amides is 3. The van der Waals surface area contributed by atoms with E-state index >= 15 is 0 Å². The minimum atomic E-state index is -3.63. The summed E-state index contributed by atoms with van der Waals surface area (Å²) < 4.78 is 36.3. The summed E-state index contributed by atoms with van der Waals surface area (Å²) in [6.07, 6.45) is 4.81. The molecule has 0 atom stereocenters. The first-order valence-corrected chi connectivity index (χ1v) is 15.2. The van der Waals surface area contributed by atoms with Crippen molar-refractivity contribution in [1.82, 2.24) is 14.9 Å². The van der Waals surface area contributed by atoms with E-state index in [9.17, 15) is 22.8 Å². The molecule has 1 saturated carbocycles. The van der Waals surface area contributed by atoms with Crippen LogP contribution in [-0.4, -0.2) is 80.1 Å². The van der Waals surface area contributed by atoms with Crippen LogP contribution in [-0.2, 0) is 24.3 Å². The van der Waals surface area contributed by atoms with Crippen LogP contribution >= 0.6 is 11.6 Å². The molecule has 1 saturated heterocycles. The van der Waals surface area contributed by atoms with Crippen LogP contribution in [0.4, 0.5) is 17.3 Å². The lowest BCUT2D eigenvalue weighted by Gasteiger charge is -2.38. The third kappa shape index (κ3) is 6.29. The number of pyridine rings is 2. The number of rotatable bonds is 7. The summed E-state index contributed by atoms with van der Waals surface area (Å²) in [6, 6.07) is 6.04. The van der Waals surface area contributed by atoms with E-state index in [0.717, 1.165) is 10.6 Å². The van der Waals surface area contributed by atoms with Crippen LogP contribution in [0.1, 0.15) is 36.2 Å². The minimum Gasteiger partial charge on any atom is -0.447 e. The Hall–Kier alpha value is -3.75. The molecule has 41 heavy (non-hydrogen) atoms. The summed E-state index contributed by atoms with van der Waals surface area (Å²) in [5.74, 6) is -1.37. The van der Waals surface area contributed by atoms with Gasteiger partial charge in [0, 0.05) is 31.7 Å². The third-order valence-corrected chi connectivity index (χ3v) is 8.70. The smallest absolute Gasteiger partial charge is 0.294 e. The molecule has 3 aromatic rings. The lowest BCUT2D eigenvalue weighted by molar-refractivity contribution is -0.146. The van der Waals surface area contributed by atoms with Crippen molar-refractivity contribution < 1.29 is 32.0 Å². The maximum atomic E-state index is 13.5. The van der Waals surface area contributed by atoms with Gasteiger partial charge in [0.05, 0.1) is 17.9 Å². The van der Waals surface area contributed by atoms with Crippen LogP contribution < -0.4 is 14.9 Å². The number of carbonyl (C=O) groups is 3. The Kier molecular flexibility index (Phi) is 8.16. The van der Waals surface area contributed by atoms with Gasteiger partial charge in [0.15, 0.2) is 5.58 Å². The molecular weight excluding hydrogens is 576 g/mol. The fraction of sp³-hybridized carbons (Fsp3) is 0.423. The second-order valence-corrected chi connectivity index (χ2v) is 12.5. The van der Waals surface area contributed by atoms with Crippen molar-refractivity contribution in [3.8, 4) is 0 Å². The first kappa shape index (κ1) is 28.8. The summed E-state index contributed by atoms with van der Waals surface area (Å²) in [4.78, 5) is 49.3. The average molecular weight is 605 g/mol. The Morgan fingerprint density at radius 3 is 2.54 bits per heavy atom. The van der Waals surface area contributed by atoms with Gasteiger partial charge >= 0.3 is 0 Å². The van der Waals surface area contributed by atoms with Crippen molar-refractivity contribution in [3.05, 3.63) is 41.2 Å². The molecule has 0 bridgehead atoms. The van der Waals surface area contributed by atoms with E-state index in [0.29, 0.717) is 43.9 Å². The number of fused-ring (bicyclic) bond motifs is 1. The van der Waals surface area contributed by atoms with Crippen LogP contribution in [0.5, 0.6) is 0 Å². The van der Waals surface area contributed by atoms with E-state index in [2.05, 4.69) is 20.6 Å². The largest absolute Gasteiger partial charge is 0.447 e. The summed E-state index contributed by atoms with van der Waals surface area (Å²) in [5, 5.41) is 5.82. The van der Waals surface area contributed by atoms with Gasteiger partial charge in [-0.2, -0.15) is 0 Å². The standard InChI is InChI=1S/C26H29ClN6O7S/c1-32(41(2,37)38)20-10-8-18-22(30-20)23(24(40-18)26(36)29-19-9-5-16(27)13-28-19)31-25(35)15-3-6-17(7-4-15)33-11-12-39-14-21(33)34/h5,8-10,13,15,17H,3-4,6-7,11-12,14H2,1-2H3,(H,31,35)(H,28,29,36)/t15-,17-. The van der Waals surface area contributed by atoms with Crippen molar-refractivity contribution >= 4 is 67.8 Å². The Bertz CT molecular complexity index is 1590. The number of carbonyl (C=O) groups excluding carboxylic acids is 3. The van der Waals surface area contributed by atoms with Crippen LogP contribution in [0.25, 0.3) is 11.1 Å². The van der Waals surface area contributed by atoms with Crippen molar-refractivity contribution in [1.29, 1.82) is 0 Å². The van der Waals surface area contributed by atoms with E-state index in [1.807, 2.05) is 4.90 Å². The van der Waals surface area contributed by atoms with E-state index in [-0.39, 0.29) is 64.6 Å². The highest BCUT2D eigenvalue weighted by molar-refractivity contribution is 7.92. The maximum absolute atomic E-state index is 13.5. The van der Waals surface area contributed by atoms with Gasteiger partial charge < -0.3 is 24.7 Å². The van der Waals surface area contributed by atoms with E-state index in [1.165, 1.54) is 31.4 Å². The van der Waals surface area contributed by atoms with Crippen LogP contribution in [0.3, 0.4) is 0 Å². The second-order valence-electron chi connectivity index (χ2n) is 10.0. The number of halogens is 1. The number of nitrogens with zero attached hydrogens (tertiary/aromatic N) is 4. The number of ether oxygens (including phenoxy) is 1. The fourth-order valence-corrected chi connectivity index (χ4v) is 5.55. The quantitative estimate of drug-likeness (QED) is 0.412. The van der Waals surface area contributed by atoms with Gasteiger partial charge in [-0.25, -0.2) is 18.4 Å². The lowest BCUT2D eigenvalue weighted by atomic mass is 9.84. The van der Waals surface area contributed by atoms with Crippen molar-refractivity contribution in [2.24, 2.45) is 5.92 Å². The van der Waals surface area contributed by atoms with Gasteiger partial charge in [-0.15, -0.1) is 0 Å². The van der Waals surface area contributed by atoms with Gasteiger partial charge in [0.1, 0.15) is 29.4 Å². The molecule has 0 spiro atoms. The molecule has 0 unspecified atom stereocenters.